The van der Waals surface area contributed by atoms with E-state index in [0.717, 1.165) is 11.1 Å². The van der Waals surface area contributed by atoms with Gasteiger partial charge < -0.3 is 20.3 Å². The molecule has 34 heavy (non-hydrogen) atoms. The van der Waals surface area contributed by atoms with Crippen molar-refractivity contribution in [3.8, 4) is 11.5 Å². The van der Waals surface area contributed by atoms with Crippen molar-refractivity contribution in [3.05, 3.63) is 76.5 Å². The summed E-state index contributed by atoms with van der Waals surface area (Å²) in [5, 5.41) is 23.7. The summed E-state index contributed by atoms with van der Waals surface area (Å²) in [6.45, 7) is 1.57. The van der Waals surface area contributed by atoms with Crippen molar-refractivity contribution in [2.24, 2.45) is 7.05 Å². The van der Waals surface area contributed by atoms with E-state index in [-0.39, 0.29) is 18.1 Å². The Morgan fingerprint density at radius 1 is 1.18 bits per heavy atom. The number of aromatic amines is 1. The molecule has 5 rings (SSSR count). The molecule has 3 aromatic heterocycles. The monoisotopic (exact) mass is 458 g/mol. The Hall–Kier alpha value is -4.51. The van der Waals surface area contributed by atoms with E-state index in [0.29, 0.717) is 34.2 Å². The van der Waals surface area contributed by atoms with Gasteiger partial charge in [0, 0.05) is 18.9 Å². The van der Waals surface area contributed by atoms with Crippen LogP contribution in [-0.4, -0.2) is 41.6 Å². The number of nitrogens with zero attached hydrogens (tertiary/aromatic N) is 5. The Morgan fingerprint density at radius 2 is 2.00 bits per heavy atom. The van der Waals surface area contributed by atoms with Gasteiger partial charge in [0.2, 0.25) is 5.95 Å². The minimum Gasteiger partial charge on any atom is -0.394 e. The Morgan fingerprint density at radius 3 is 2.74 bits per heavy atom. The van der Waals surface area contributed by atoms with Crippen LogP contribution in [0.2, 0.25) is 0 Å². The maximum atomic E-state index is 12.0. The predicted molar refractivity (Wildman–Crippen MR) is 127 cm³/mol. The fraction of sp³-hybridized carbons (Fsp3) is 0.174. The largest absolute Gasteiger partial charge is 0.394 e. The van der Waals surface area contributed by atoms with Gasteiger partial charge in [-0.3, -0.25) is 14.6 Å². The van der Waals surface area contributed by atoms with Gasteiger partial charge in [-0.1, -0.05) is 35.5 Å². The number of hydrogen-bond acceptors (Lipinski definition) is 9. The zero-order valence-corrected chi connectivity index (χ0v) is 18.5. The molecule has 3 heterocycles. The molecular weight excluding hydrogens is 436 g/mol. The van der Waals surface area contributed by atoms with Crippen molar-refractivity contribution in [3.63, 3.8) is 0 Å². The number of nitrogens with one attached hydrogen (secondary N) is 3. The number of aryl methyl sites for hydroxylation is 2. The Bertz CT molecular complexity index is 1510. The SMILES string of the molecule is Cc1noc(-c2cnc(Nc3ccc4c(=O)[nH]n(C)c4c3)nc2N[C@H](CO)c2ccccc2)n1. The standard InChI is InChI=1S/C23H22N8O3/c1-13-25-22(34-30-13)17-11-24-23(26-15-8-9-16-19(10-15)31(2)29-21(16)33)28-20(17)27-18(12-32)14-6-4-3-5-7-14/h3-11,18,32H,12H2,1-2H3,(H,29,33)(H2,24,26,27,28)/t18-/m1/s1. The lowest BCUT2D eigenvalue weighted by molar-refractivity contribution is 0.276. The molecule has 11 nitrogen and oxygen atoms in total. The molecule has 0 saturated heterocycles. The third kappa shape index (κ3) is 4.11. The third-order valence-corrected chi connectivity index (χ3v) is 5.37. The number of aliphatic hydroxyl groups excluding tert-OH is 1. The summed E-state index contributed by atoms with van der Waals surface area (Å²) in [7, 11) is 1.77. The molecule has 2 aromatic carbocycles. The molecule has 0 saturated carbocycles. The van der Waals surface area contributed by atoms with Crippen molar-refractivity contribution >= 4 is 28.4 Å². The molecule has 0 radical (unpaired) electrons. The number of H-pyrrole nitrogens is 1. The first-order chi connectivity index (χ1) is 16.5. The van der Waals surface area contributed by atoms with Crippen LogP contribution >= 0.6 is 0 Å². The molecule has 0 fully saturated rings. The molecule has 172 valence electrons. The molecule has 0 aliphatic rings. The summed E-state index contributed by atoms with van der Waals surface area (Å²) in [5.74, 6) is 1.47. The highest BCUT2D eigenvalue weighted by Crippen LogP contribution is 2.29. The van der Waals surface area contributed by atoms with E-state index in [1.165, 1.54) is 0 Å². The van der Waals surface area contributed by atoms with Gasteiger partial charge in [0.15, 0.2) is 5.82 Å². The lowest BCUT2D eigenvalue weighted by atomic mass is 10.1. The normalized spacial score (nSPS) is 12.1. The topological polar surface area (TPSA) is 147 Å². The molecule has 11 heteroatoms. The minimum absolute atomic E-state index is 0.151. The summed E-state index contributed by atoms with van der Waals surface area (Å²) in [6.07, 6.45) is 1.58. The van der Waals surface area contributed by atoms with Crippen LogP contribution in [0, 0.1) is 6.92 Å². The van der Waals surface area contributed by atoms with Crippen LogP contribution in [0.4, 0.5) is 17.5 Å². The number of fused-ring (bicyclic) bond motifs is 1. The van der Waals surface area contributed by atoms with Crippen molar-refractivity contribution in [1.82, 2.24) is 29.9 Å². The fourth-order valence-electron chi connectivity index (χ4n) is 3.68. The van der Waals surface area contributed by atoms with Crippen LogP contribution in [0.1, 0.15) is 17.4 Å². The number of rotatable bonds is 7. The maximum absolute atomic E-state index is 12.0. The van der Waals surface area contributed by atoms with E-state index in [9.17, 15) is 9.90 Å². The molecule has 5 aromatic rings. The van der Waals surface area contributed by atoms with Crippen LogP contribution in [0.15, 0.2) is 64.0 Å². The van der Waals surface area contributed by atoms with Gasteiger partial charge in [0.05, 0.1) is 23.6 Å². The molecule has 1 atom stereocenters. The zero-order valence-electron chi connectivity index (χ0n) is 18.5. The van der Waals surface area contributed by atoms with E-state index in [4.69, 9.17) is 4.52 Å². The van der Waals surface area contributed by atoms with Crippen LogP contribution in [0.25, 0.3) is 22.4 Å². The molecule has 0 bridgehead atoms. The van der Waals surface area contributed by atoms with Gasteiger partial charge in [-0.25, -0.2) is 4.98 Å². The average molecular weight is 458 g/mol. The molecule has 4 N–H and O–H groups in total. The number of aliphatic hydroxyl groups is 1. The molecule has 0 unspecified atom stereocenters. The number of hydrogen-bond donors (Lipinski definition) is 4. The van der Waals surface area contributed by atoms with Crippen LogP contribution < -0.4 is 16.2 Å². The third-order valence-electron chi connectivity index (χ3n) is 5.37. The van der Waals surface area contributed by atoms with Gasteiger partial charge in [-0.15, -0.1) is 0 Å². The Kier molecular flexibility index (Phi) is 5.52. The van der Waals surface area contributed by atoms with Gasteiger partial charge >= 0.3 is 0 Å². The number of aromatic nitrogens is 6. The first-order valence-electron chi connectivity index (χ1n) is 10.6. The van der Waals surface area contributed by atoms with Crippen molar-refractivity contribution < 1.29 is 9.63 Å². The van der Waals surface area contributed by atoms with E-state index in [1.54, 1.807) is 37.0 Å². The highest BCUT2D eigenvalue weighted by Gasteiger charge is 2.19. The summed E-state index contributed by atoms with van der Waals surface area (Å²) in [6, 6.07) is 14.5. The van der Waals surface area contributed by atoms with Gasteiger partial charge in [-0.05, 0) is 30.7 Å². The summed E-state index contributed by atoms with van der Waals surface area (Å²) >= 11 is 0. The summed E-state index contributed by atoms with van der Waals surface area (Å²) < 4.78 is 6.99. The highest BCUT2D eigenvalue weighted by atomic mass is 16.5. The van der Waals surface area contributed by atoms with E-state index in [2.05, 4.69) is 35.8 Å². The lowest BCUT2D eigenvalue weighted by Gasteiger charge is -2.19. The van der Waals surface area contributed by atoms with E-state index >= 15 is 0 Å². The second-order valence-corrected chi connectivity index (χ2v) is 7.75. The minimum atomic E-state index is -0.419. The van der Waals surface area contributed by atoms with Gasteiger partial charge in [-0.2, -0.15) is 9.97 Å². The summed E-state index contributed by atoms with van der Waals surface area (Å²) in [5.41, 5.74) is 2.70. The Balaban J connectivity index is 1.52. The molecule has 0 aliphatic carbocycles. The highest BCUT2D eigenvalue weighted by molar-refractivity contribution is 5.83. The molecular formula is C23H22N8O3. The number of anilines is 3. The fourth-order valence-corrected chi connectivity index (χ4v) is 3.68. The molecule has 0 amide bonds. The van der Waals surface area contributed by atoms with Crippen LogP contribution in [-0.2, 0) is 7.05 Å². The zero-order chi connectivity index (χ0) is 23.7. The van der Waals surface area contributed by atoms with Crippen molar-refractivity contribution in [2.75, 3.05) is 17.2 Å². The van der Waals surface area contributed by atoms with Crippen molar-refractivity contribution in [1.29, 1.82) is 0 Å². The average Bonchev–Trinajstić information content (AvgIpc) is 3.40. The predicted octanol–water partition coefficient (Wildman–Crippen LogP) is 2.90. The molecule has 0 spiro atoms. The lowest BCUT2D eigenvalue weighted by Crippen LogP contribution is -2.17. The number of benzene rings is 2. The van der Waals surface area contributed by atoms with E-state index < -0.39 is 6.04 Å². The van der Waals surface area contributed by atoms with Crippen molar-refractivity contribution in [2.45, 2.75) is 13.0 Å². The van der Waals surface area contributed by atoms with Crippen LogP contribution in [0.3, 0.4) is 0 Å². The second-order valence-electron chi connectivity index (χ2n) is 7.75. The molecule has 0 aliphatic heterocycles. The summed E-state index contributed by atoms with van der Waals surface area (Å²) in [4.78, 5) is 25.3. The second kappa shape index (κ2) is 8.79. The Labute approximate surface area is 193 Å². The van der Waals surface area contributed by atoms with Crippen LogP contribution in [0.5, 0.6) is 0 Å². The van der Waals surface area contributed by atoms with Gasteiger partial charge in [0.1, 0.15) is 11.4 Å². The van der Waals surface area contributed by atoms with Gasteiger partial charge in [0.25, 0.3) is 11.4 Å². The maximum Gasteiger partial charge on any atom is 0.271 e. The van der Waals surface area contributed by atoms with E-state index in [1.807, 2.05) is 36.4 Å². The first kappa shape index (κ1) is 21.3. The first-order valence-corrected chi connectivity index (χ1v) is 10.6. The quantitative estimate of drug-likeness (QED) is 0.289. The smallest absolute Gasteiger partial charge is 0.271 e.